The van der Waals surface area contributed by atoms with Crippen molar-refractivity contribution in [3.8, 4) is 0 Å². The van der Waals surface area contributed by atoms with E-state index in [1.54, 1.807) is 0 Å². The molecule has 0 aromatic rings. The molecule has 1 aliphatic carbocycles. The number of carbonyl (C=O) groups excluding carboxylic acids is 1. The van der Waals surface area contributed by atoms with Crippen LogP contribution in [0.4, 0.5) is 0 Å². The van der Waals surface area contributed by atoms with Crippen LogP contribution >= 0.6 is 0 Å². The maximum absolute atomic E-state index is 11.3. The summed E-state index contributed by atoms with van der Waals surface area (Å²) in [6.45, 7) is 6.06. The zero-order chi connectivity index (χ0) is 7.72. The highest BCUT2D eigenvalue weighted by Gasteiger charge is 2.24. The quantitative estimate of drug-likeness (QED) is 0.501. The number of hydrogen-bond acceptors (Lipinski definition) is 1. The molecule has 0 aromatic carbocycles. The molecule has 0 saturated heterocycles. The van der Waals surface area contributed by atoms with Gasteiger partial charge in [-0.2, -0.15) is 0 Å². The van der Waals surface area contributed by atoms with Gasteiger partial charge in [0.05, 0.1) is 0 Å². The predicted octanol–water partition coefficient (Wildman–Crippen LogP) is 2.18. The second kappa shape index (κ2) is 2.57. The van der Waals surface area contributed by atoms with Crippen molar-refractivity contribution >= 4 is 5.78 Å². The topological polar surface area (TPSA) is 17.1 Å². The Morgan fingerprint density at radius 1 is 1.50 bits per heavy atom. The van der Waals surface area contributed by atoms with E-state index in [0.29, 0.717) is 11.7 Å². The molecule has 0 heterocycles. The molecule has 2 atom stereocenters. The summed E-state index contributed by atoms with van der Waals surface area (Å²) in [5.74, 6) is 1.11. The lowest BCUT2D eigenvalue weighted by Crippen LogP contribution is -2.23. The van der Waals surface area contributed by atoms with E-state index < -0.39 is 0 Å². The zero-order valence-electron chi connectivity index (χ0n) is 6.85. The molecule has 0 aromatic heterocycles. The number of rotatable bonds is 0. The first-order valence-corrected chi connectivity index (χ1v) is 3.84. The fourth-order valence-corrected chi connectivity index (χ4v) is 1.28. The molecule has 0 spiro atoms. The van der Waals surface area contributed by atoms with E-state index in [2.05, 4.69) is 6.92 Å². The summed E-state index contributed by atoms with van der Waals surface area (Å²) in [4.78, 5) is 11.3. The summed E-state index contributed by atoms with van der Waals surface area (Å²) >= 11 is 0. The molecule has 1 rings (SSSR count). The summed E-state index contributed by atoms with van der Waals surface area (Å²) in [5, 5.41) is 0. The third kappa shape index (κ3) is 1.13. The molecule has 1 aliphatic rings. The highest BCUT2D eigenvalue weighted by Crippen LogP contribution is 2.25. The van der Waals surface area contributed by atoms with Gasteiger partial charge < -0.3 is 0 Å². The molecule has 0 N–H and O–H groups in total. The Hall–Kier alpha value is -0.590. The maximum Gasteiger partial charge on any atom is 0.161 e. The smallest absolute Gasteiger partial charge is 0.161 e. The lowest BCUT2D eigenvalue weighted by Gasteiger charge is -2.22. The third-order valence-corrected chi connectivity index (χ3v) is 2.45. The summed E-state index contributed by atoms with van der Waals surface area (Å²) in [5.41, 5.74) is 0.950. The van der Waals surface area contributed by atoms with E-state index in [-0.39, 0.29) is 5.92 Å². The molecular weight excluding hydrogens is 124 g/mol. The standard InChI is InChI=1S/C9H14O/c1-6-4-5-7(2)9(10)8(6)3/h5-6,8H,4H2,1-3H3/t6?,8-/m0/s1. The van der Waals surface area contributed by atoms with Crippen molar-refractivity contribution < 1.29 is 4.79 Å². The third-order valence-electron chi connectivity index (χ3n) is 2.45. The van der Waals surface area contributed by atoms with Gasteiger partial charge in [-0.05, 0) is 24.8 Å². The van der Waals surface area contributed by atoms with Crippen LogP contribution < -0.4 is 0 Å². The second-order valence-corrected chi connectivity index (χ2v) is 3.25. The normalized spacial score (nSPS) is 33.9. The van der Waals surface area contributed by atoms with Gasteiger partial charge in [-0.25, -0.2) is 0 Å². The van der Waals surface area contributed by atoms with Gasteiger partial charge >= 0.3 is 0 Å². The second-order valence-electron chi connectivity index (χ2n) is 3.25. The minimum Gasteiger partial charge on any atom is -0.294 e. The van der Waals surface area contributed by atoms with E-state index >= 15 is 0 Å². The molecule has 0 fully saturated rings. The molecule has 0 bridgehead atoms. The fraction of sp³-hybridized carbons (Fsp3) is 0.667. The number of ketones is 1. The zero-order valence-corrected chi connectivity index (χ0v) is 6.85. The van der Waals surface area contributed by atoms with Gasteiger partial charge in [0.15, 0.2) is 5.78 Å². The van der Waals surface area contributed by atoms with Crippen molar-refractivity contribution in [1.29, 1.82) is 0 Å². The van der Waals surface area contributed by atoms with Crippen LogP contribution in [0.2, 0.25) is 0 Å². The molecule has 1 heteroatoms. The highest BCUT2D eigenvalue weighted by molar-refractivity contribution is 5.97. The van der Waals surface area contributed by atoms with Crippen LogP contribution in [-0.4, -0.2) is 5.78 Å². The van der Waals surface area contributed by atoms with Crippen LogP contribution in [0.15, 0.2) is 11.6 Å². The fourth-order valence-electron chi connectivity index (χ4n) is 1.28. The molecule has 0 saturated carbocycles. The first-order valence-electron chi connectivity index (χ1n) is 3.84. The molecule has 10 heavy (non-hydrogen) atoms. The van der Waals surface area contributed by atoms with Crippen molar-refractivity contribution in [2.24, 2.45) is 11.8 Å². The van der Waals surface area contributed by atoms with Crippen LogP contribution in [0.5, 0.6) is 0 Å². The number of Topliss-reactive ketones (excluding diaryl/α,β-unsaturated/α-hetero) is 1. The molecule has 56 valence electrons. The average molecular weight is 138 g/mol. The van der Waals surface area contributed by atoms with E-state index in [4.69, 9.17) is 0 Å². The number of allylic oxidation sites excluding steroid dienone is 2. The minimum absolute atomic E-state index is 0.241. The van der Waals surface area contributed by atoms with Gasteiger partial charge in [0.25, 0.3) is 0 Å². The number of hydrogen-bond donors (Lipinski definition) is 0. The maximum atomic E-state index is 11.3. The molecule has 0 radical (unpaired) electrons. The van der Waals surface area contributed by atoms with Gasteiger partial charge in [0.1, 0.15) is 0 Å². The van der Waals surface area contributed by atoms with Gasteiger partial charge in [-0.15, -0.1) is 0 Å². The molecular formula is C9H14O. The van der Waals surface area contributed by atoms with Gasteiger partial charge in [0, 0.05) is 5.92 Å². The Bertz CT molecular complexity index is 179. The Kier molecular flexibility index (Phi) is 1.93. The van der Waals surface area contributed by atoms with E-state index in [9.17, 15) is 4.79 Å². The lowest BCUT2D eigenvalue weighted by atomic mass is 9.81. The summed E-state index contributed by atoms with van der Waals surface area (Å²) < 4.78 is 0. The highest BCUT2D eigenvalue weighted by atomic mass is 16.1. The van der Waals surface area contributed by atoms with Gasteiger partial charge in [0.2, 0.25) is 0 Å². The van der Waals surface area contributed by atoms with Crippen LogP contribution in [0.3, 0.4) is 0 Å². The molecule has 1 nitrogen and oxygen atoms in total. The lowest BCUT2D eigenvalue weighted by molar-refractivity contribution is -0.120. The van der Waals surface area contributed by atoms with Crippen molar-refractivity contribution in [3.05, 3.63) is 11.6 Å². The average Bonchev–Trinajstić information content (AvgIpc) is 1.93. The van der Waals surface area contributed by atoms with Crippen LogP contribution in [0.25, 0.3) is 0 Å². The van der Waals surface area contributed by atoms with E-state index in [1.807, 2.05) is 19.9 Å². The van der Waals surface area contributed by atoms with Crippen LogP contribution in [-0.2, 0) is 4.79 Å². The van der Waals surface area contributed by atoms with Crippen LogP contribution in [0.1, 0.15) is 27.2 Å². The largest absolute Gasteiger partial charge is 0.294 e. The first kappa shape index (κ1) is 7.52. The predicted molar refractivity (Wildman–Crippen MR) is 41.7 cm³/mol. The van der Waals surface area contributed by atoms with Gasteiger partial charge in [-0.3, -0.25) is 4.79 Å². The van der Waals surface area contributed by atoms with E-state index in [0.717, 1.165) is 12.0 Å². The Morgan fingerprint density at radius 2 is 2.10 bits per heavy atom. The Morgan fingerprint density at radius 3 is 2.60 bits per heavy atom. The van der Waals surface area contributed by atoms with E-state index in [1.165, 1.54) is 0 Å². The summed E-state index contributed by atoms with van der Waals surface area (Å²) in [6.07, 6.45) is 3.12. The van der Waals surface area contributed by atoms with Crippen molar-refractivity contribution in [2.75, 3.05) is 0 Å². The van der Waals surface area contributed by atoms with Crippen LogP contribution in [0, 0.1) is 11.8 Å². The Balaban J connectivity index is 2.81. The molecule has 0 amide bonds. The first-order chi connectivity index (χ1) is 4.63. The summed E-state index contributed by atoms with van der Waals surface area (Å²) in [7, 11) is 0. The Labute approximate surface area is 62.1 Å². The summed E-state index contributed by atoms with van der Waals surface area (Å²) in [6, 6.07) is 0. The van der Waals surface area contributed by atoms with Crippen molar-refractivity contribution in [3.63, 3.8) is 0 Å². The molecule has 1 unspecified atom stereocenters. The number of carbonyl (C=O) groups is 1. The monoisotopic (exact) mass is 138 g/mol. The molecule has 0 aliphatic heterocycles. The van der Waals surface area contributed by atoms with Crippen molar-refractivity contribution in [2.45, 2.75) is 27.2 Å². The minimum atomic E-state index is 0.241. The SMILES string of the molecule is CC1=CCC(C)[C@H](C)C1=O. The van der Waals surface area contributed by atoms with Gasteiger partial charge in [-0.1, -0.05) is 19.9 Å². The van der Waals surface area contributed by atoms with Crippen molar-refractivity contribution in [1.82, 2.24) is 0 Å².